The van der Waals surface area contributed by atoms with E-state index in [-0.39, 0.29) is 11.6 Å². The molecular weight excluding hydrogens is 305 g/mol. The lowest BCUT2D eigenvalue weighted by molar-refractivity contribution is 0.101. The van der Waals surface area contributed by atoms with Crippen LogP contribution in [0.1, 0.15) is 40.7 Å². The zero-order chi connectivity index (χ0) is 17.4. The van der Waals surface area contributed by atoms with Crippen LogP contribution in [0.2, 0.25) is 0 Å². The van der Waals surface area contributed by atoms with Gasteiger partial charge in [0, 0.05) is 54.6 Å². The van der Waals surface area contributed by atoms with Crippen LogP contribution in [0.3, 0.4) is 0 Å². The summed E-state index contributed by atoms with van der Waals surface area (Å²) in [6.07, 6.45) is 2.84. The average molecular weight is 327 g/mol. The van der Waals surface area contributed by atoms with Gasteiger partial charge in [-0.1, -0.05) is 0 Å². The van der Waals surface area contributed by atoms with Crippen molar-refractivity contribution in [1.82, 2.24) is 4.57 Å². The van der Waals surface area contributed by atoms with Gasteiger partial charge in [0.15, 0.2) is 5.78 Å². The summed E-state index contributed by atoms with van der Waals surface area (Å²) in [5.74, 6) is -0.334. The lowest BCUT2D eigenvalue weighted by Gasteiger charge is -2.33. The molecule has 1 aliphatic heterocycles. The molecule has 0 saturated carbocycles. The van der Waals surface area contributed by atoms with Crippen LogP contribution in [0.15, 0.2) is 23.2 Å². The van der Waals surface area contributed by atoms with Crippen LogP contribution >= 0.6 is 0 Å². The molecule has 0 atom stereocenters. The highest BCUT2D eigenvalue weighted by Gasteiger charge is 2.23. The van der Waals surface area contributed by atoms with Gasteiger partial charge in [0.1, 0.15) is 5.82 Å². The Morgan fingerprint density at radius 2 is 1.96 bits per heavy atom. The van der Waals surface area contributed by atoms with Crippen molar-refractivity contribution in [3.8, 4) is 5.69 Å². The first kappa shape index (κ1) is 16.4. The number of carbonyl (C=O) groups is 1. The van der Waals surface area contributed by atoms with Crippen molar-refractivity contribution >= 4 is 17.7 Å². The predicted molar refractivity (Wildman–Crippen MR) is 95.6 cm³/mol. The molecule has 0 N–H and O–H groups in total. The molecule has 0 aliphatic carbocycles. The van der Waals surface area contributed by atoms with Crippen molar-refractivity contribution in [2.24, 2.45) is 4.99 Å². The average Bonchev–Trinajstić information content (AvgIpc) is 2.71. The first-order chi connectivity index (χ1) is 11.5. The highest BCUT2D eigenvalue weighted by molar-refractivity contribution is 6.04. The third kappa shape index (κ3) is 2.54. The third-order valence-corrected chi connectivity index (χ3v) is 4.69. The second-order valence-corrected chi connectivity index (χ2v) is 6.21. The molecule has 24 heavy (non-hydrogen) atoms. The SMILES string of the molecule is CN=Cc1c(C(C)=O)c(C)n(-c2cc(N3CCC3)ccc2F)c1C. The molecule has 1 aliphatic rings. The topological polar surface area (TPSA) is 37.6 Å². The highest BCUT2D eigenvalue weighted by Crippen LogP contribution is 2.30. The number of Topliss-reactive ketones (excluding diaryl/α,β-unsaturated/α-hetero) is 1. The number of carbonyl (C=O) groups excluding carboxylic acids is 1. The molecule has 0 amide bonds. The van der Waals surface area contributed by atoms with Crippen LogP contribution in [0, 0.1) is 19.7 Å². The quantitative estimate of drug-likeness (QED) is 0.634. The minimum Gasteiger partial charge on any atom is -0.371 e. The van der Waals surface area contributed by atoms with Gasteiger partial charge in [0.25, 0.3) is 0 Å². The van der Waals surface area contributed by atoms with Crippen molar-refractivity contribution < 1.29 is 9.18 Å². The first-order valence-electron chi connectivity index (χ1n) is 8.15. The highest BCUT2D eigenvalue weighted by atomic mass is 19.1. The molecule has 0 radical (unpaired) electrons. The number of anilines is 1. The van der Waals surface area contributed by atoms with E-state index >= 15 is 0 Å². The monoisotopic (exact) mass is 327 g/mol. The molecule has 0 bridgehead atoms. The molecule has 0 spiro atoms. The van der Waals surface area contributed by atoms with Crippen molar-refractivity contribution in [2.75, 3.05) is 25.0 Å². The summed E-state index contributed by atoms with van der Waals surface area (Å²) in [5, 5.41) is 0. The molecule has 126 valence electrons. The number of hydrogen-bond acceptors (Lipinski definition) is 3. The second-order valence-electron chi connectivity index (χ2n) is 6.21. The maximum absolute atomic E-state index is 14.6. The number of halogens is 1. The van der Waals surface area contributed by atoms with E-state index in [9.17, 15) is 9.18 Å². The standard InChI is InChI=1S/C19H22FN3O/c1-12-16(11-21-4)19(14(3)24)13(2)23(12)18-10-15(6-7-17(18)20)22-8-5-9-22/h6-7,10-11H,5,8-9H2,1-4H3. The Morgan fingerprint density at radius 3 is 2.50 bits per heavy atom. The van der Waals surface area contributed by atoms with Gasteiger partial charge < -0.3 is 9.47 Å². The molecule has 1 saturated heterocycles. The predicted octanol–water partition coefficient (Wildman–Crippen LogP) is 3.69. The molecule has 1 fully saturated rings. The van der Waals surface area contributed by atoms with E-state index < -0.39 is 0 Å². The van der Waals surface area contributed by atoms with E-state index in [1.807, 2.05) is 30.5 Å². The Kier molecular flexibility index (Phi) is 4.26. The fourth-order valence-corrected chi connectivity index (χ4v) is 3.40. The summed E-state index contributed by atoms with van der Waals surface area (Å²) < 4.78 is 16.4. The zero-order valence-electron chi connectivity index (χ0n) is 14.6. The van der Waals surface area contributed by atoms with Crippen molar-refractivity contribution in [1.29, 1.82) is 0 Å². The summed E-state index contributed by atoms with van der Waals surface area (Å²) in [4.78, 5) is 18.4. The Bertz CT molecular complexity index is 832. The zero-order valence-corrected chi connectivity index (χ0v) is 14.6. The number of aliphatic imine (C=N–C) groups is 1. The van der Waals surface area contributed by atoms with Crippen LogP contribution in [0.25, 0.3) is 5.69 Å². The van der Waals surface area contributed by atoms with Crippen LogP contribution < -0.4 is 4.90 Å². The van der Waals surface area contributed by atoms with Gasteiger partial charge in [-0.3, -0.25) is 9.79 Å². The van der Waals surface area contributed by atoms with E-state index in [1.54, 1.807) is 13.3 Å². The largest absolute Gasteiger partial charge is 0.371 e. The summed E-state index contributed by atoms with van der Waals surface area (Å²) in [5.41, 5.74) is 4.42. The number of nitrogens with zero attached hydrogens (tertiary/aromatic N) is 3. The molecule has 1 aromatic carbocycles. The van der Waals surface area contributed by atoms with Gasteiger partial charge in [0.05, 0.1) is 5.69 Å². The number of rotatable bonds is 4. The van der Waals surface area contributed by atoms with Crippen molar-refractivity contribution in [2.45, 2.75) is 27.2 Å². The van der Waals surface area contributed by atoms with E-state index in [0.29, 0.717) is 11.3 Å². The lowest BCUT2D eigenvalue weighted by atomic mass is 10.1. The molecule has 5 heteroatoms. The minimum atomic E-state index is -0.296. The molecule has 1 aromatic heterocycles. The number of hydrogen-bond donors (Lipinski definition) is 0. The van der Waals surface area contributed by atoms with Crippen LogP contribution in [-0.4, -0.2) is 36.7 Å². The lowest BCUT2D eigenvalue weighted by Crippen LogP contribution is -2.37. The number of ketones is 1. The van der Waals surface area contributed by atoms with Crippen molar-refractivity contribution in [3.05, 3.63) is 46.5 Å². The molecule has 2 heterocycles. The first-order valence-corrected chi connectivity index (χ1v) is 8.15. The van der Waals surface area contributed by atoms with E-state index in [2.05, 4.69) is 9.89 Å². The minimum absolute atomic E-state index is 0.0384. The smallest absolute Gasteiger partial charge is 0.162 e. The molecular formula is C19H22FN3O. The second kappa shape index (κ2) is 6.23. The number of benzene rings is 1. The Morgan fingerprint density at radius 1 is 1.25 bits per heavy atom. The van der Waals surface area contributed by atoms with Crippen LogP contribution in [0.5, 0.6) is 0 Å². The number of aromatic nitrogens is 1. The van der Waals surface area contributed by atoms with E-state index in [1.165, 1.54) is 19.4 Å². The Balaban J connectivity index is 2.23. The van der Waals surface area contributed by atoms with Gasteiger partial charge >= 0.3 is 0 Å². The van der Waals surface area contributed by atoms with Gasteiger partial charge in [-0.25, -0.2) is 4.39 Å². The molecule has 2 aromatic rings. The van der Waals surface area contributed by atoms with E-state index in [4.69, 9.17) is 0 Å². The van der Waals surface area contributed by atoms with Crippen LogP contribution in [-0.2, 0) is 0 Å². The van der Waals surface area contributed by atoms with Crippen molar-refractivity contribution in [3.63, 3.8) is 0 Å². The molecule has 4 nitrogen and oxygen atoms in total. The summed E-state index contributed by atoms with van der Waals surface area (Å²) in [7, 11) is 1.67. The normalized spacial score (nSPS) is 14.3. The maximum atomic E-state index is 14.6. The summed E-state index contributed by atoms with van der Waals surface area (Å²) in [6, 6.07) is 5.18. The fraction of sp³-hybridized carbons (Fsp3) is 0.368. The van der Waals surface area contributed by atoms with Gasteiger partial charge in [-0.2, -0.15) is 0 Å². The molecule has 3 rings (SSSR count). The Labute approximate surface area is 141 Å². The van der Waals surface area contributed by atoms with E-state index in [0.717, 1.165) is 35.7 Å². The van der Waals surface area contributed by atoms with Gasteiger partial charge in [-0.05, 0) is 45.4 Å². The van der Waals surface area contributed by atoms with Gasteiger partial charge in [-0.15, -0.1) is 0 Å². The molecule has 0 unspecified atom stereocenters. The summed E-state index contributed by atoms with van der Waals surface area (Å²) >= 11 is 0. The summed E-state index contributed by atoms with van der Waals surface area (Å²) in [6.45, 7) is 7.28. The van der Waals surface area contributed by atoms with Crippen LogP contribution in [0.4, 0.5) is 10.1 Å². The Hall–Kier alpha value is -2.43. The fourth-order valence-electron chi connectivity index (χ4n) is 3.40. The maximum Gasteiger partial charge on any atom is 0.162 e. The van der Waals surface area contributed by atoms with Gasteiger partial charge in [0.2, 0.25) is 0 Å². The third-order valence-electron chi connectivity index (χ3n) is 4.69.